The first kappa shape index (κ1) is 20.0. The second-order valence-corrected chi connectivity index (χ2v) is 7.98. The average Bonchev–Trinajstić information content (AvgIpc) is 3.13. The molecule has 2 aromatic heterocycles. The molecule has 1 saturated heterocycles. The van der Waals surface area contributed by atoms with Crippen molar-refractivity contribution in [3.8, 4) is 23.0 Å². The quantitative estimate of drug-likeness (QED) is 0.632. The zero-order valence-corrected chi connectivity index (χ0v) is 18.0. The molecular formula is C21H22BrNO6. The lowest BCUT2D eigenvalue weighted by molar-refractivity contribution is 0.0630. The number of furan rings is 1. The molecule has 0 amide bonds. The lowest BCUT2D eigenvalue weighted by atomic mass is 9.85. The van der Waals surface area contributed by atoms with Crippen molar-refractivity contribution in [2.45, 2.75) is 18.4 Å². The number of rotatable bonds is 4. The van der Waals surface area contributed by atoms with E-state index in [4.69, 9.17) is 18.3 Å². The maximum Gasteiger partial charge on any atom is 0.197 e. The SMILES string of the molecule is COc1cc(OC)c2c(=O)cc(-c3ccc(Br)o3)oc2c1[C@H]1CCN(C)C[C@H]1O. The number of halogens is 1. The Bertz CT molecular complexity index is 1100. The number of hydrogen-bond acceptors (Lipinski definition) is 7. The third kappa shape index (κ3) is 3.56. The van der Waals surface area contributed by atoms with E-state index in [-0.39, 0.29) is 11.3 Å². The van der Waals surface area contributed by atoms with E-state index in [1.54, 1.807) is 25.3 Å². The van der Waals surface area contributed by atoms with Gasteiger partial charge in [-0.3, -0.25) is 4.79 Å². The lowest BCUT2D eigenvalue weighted by Crippen LogP contribution is -2.40. The van der Waals surface area contributed by atoms with E-state index >= 15 is 0 Å². The monoisotopic (exact) mass is 463 g/mol. The fourth-order valence-electron chi connectivity index (χ4n) is 3.97. The van der Waals surface area contributed by atoms with Gasteiger partial charge in [-0.1, -0.05) is 0 Å². The van der Waals surface area contributed by atoms with Crippen LogP contribution in [0.15, 0.2) is 42.6 Å². The number of ether oxygens (including phenoxy) is 2. The van der Waals surface area contributed by atoms with Crippen molar-refractivity contribution in [2.24, 2.45) is 0 Å². The van der Waals surface area contributed by atoms with E-state index in [2.05, 4.69) is 20.8 Å². The van der Waals surface area contributed by atoms with Crippen LogP contribution in [0.5, 0.6) is 11.5 Å². The molecule has 4 rings (SSSR count). The summed E-state index contributed by atoms with van der Waals surface area (Å²) in [6.07, 6.45) is 0.0846. The molecular weight excluding hydrogens is 442 g/mol. The maximum absolute atomic E-state index is 13.0. The third-order valence-corrected chi connectivity index (χ3v) is 5.80. The molecule has 7 nitrogen and oxygen atoms in total. The fraction of sp³-hybridized carbons (Fsp3) is 0.381. The van der Waals surface area contributed by atoms with Crippen LogP contribution in [-0.4, -0.2) is 50.5 Å². The summed E-state index contributed by atoms with van der Waals surface area (Å²) in [7, 11) is 5.02. The Morgan fingerprint density at radius 3 is 2.52 bits per heavy atom. The molecule has 0 aliphatic carbocycles. The molecule has 0 unspecified atom stereocenters. The summed E-state index contributed by atoms with van der Waals surface area (Å²) < 4.78 is 23.4. The number of β-amino-alcohol motifs (C(OH)–C–C–N with tert-alkyl or cyclic N) is 1. The molecule has 2 atom stereocenters. The number of hydrogen-bond donors (Lipinski definition) is 1. The van der Waals surface area contributed by atoms with Gasteiger partial charge in [-0.25, -0.2) is 0 Å². The van der Waals surface area contributed by atoms with Crippen LogP contribution in [0, 0.1) is 0 Å². The Morgan fingerprint density at radius 2 is 1.90 bits per heavy atom. The van der Waals surface area contributed by atoms with E-state index in [1.807, 2.05) is 7.05 Å². The molecule has 1 aliphatic rings. The van der Waals surface area contributed by atoms with Crippen molar-refractivity contribution in [3.05, 3.63) is 44.7 Å². The van der Waals surface area contributed by atoms with Crippen LogP contribution in [0.2, 0.25) is 0 Å². The highest BCUT2D eigenvalue weighted by Crippen LogP contribution is 2.43. The largest absolute Gasteiger partial charge is 0.496 e. The second kappa shape index (κ2) is 7.85. The van der Waals surface area contributed by atoms with Gasteiger partial charge in [0.05, 0.1) is 20.3 Å². The number of fused-ring (bicyclic) bond motifs is 1. The highest BCUT2D eigenvalue weighted by Gasteiger charge is 2.33. The lowest BCUT2D eigenvalue weighted by Gasteiger charge is -2.34. The van der Waals surface area contributed by atoms with E-state index in [1.165, 1.54) is 13.2 Å². The molecule has 1 N–H and O–H groups in total. The van der Waals surface area contributed by atoms with Gasteiger partial charge in [0.15, 0.2) is 21.6 Å². The summed E-state index contributed by atoms with van der Waals surface area (Å²) in [5.74, 6) is 1.36. The number of methoxy groups -OCH3 is 2. The van der Waals surface area contributed by atoms with Gasteiger partial charge in [-0.05, 0) is 48.1 Å². The fourth-order valence-corrected chi connectivity index (χ4v) is 4.28. The number of nitrogens with zero attached hydrogens (tertiary/aromatic N) is 1. The summed E-state index contributed by atoms with van der Waals surface area (Å²) in [6, 6.07) is 6.52. The minimum Gasteiger partial charge on any atom is -0.496 e. The van der Waals surface area contributed by atoms with Crippen molar-refractivity contribution >= 4 is 26.9 Å². The molecule has 29 heavy (non-hydrogen) atoms. The highest BCUT2D eigenvalue weighted by atomic mass is 79.9. The number of likely N-dealkylation sites (tertiary alicyclic amines) is 1. The van der Waals surface area contributed by atoms with E-state index in [0.29, 0.717) is 57.2 Å². The van der Waals surface area contributed by atoms with Gasteiger partial charge in [-0.15, -0.1) is 0 Å². The van der Waals surface area contributed by atoms with Crippen molar-refractivity contribution in [1.29, 1.82) is 0 Å². The van der Waals surface area contributed by atoms with Crippen molar-refractivity contribution in [2.75, 3.05) is 34.4 Å². The zero-order valence-electron chi connectivity index (χ0n) is 16.4. The molecule has 3 aromatic rings. The minimum atomic E-state index is -0.619. The van der Waals surface area contributed by atoms with Gasteiger partial charge in [0, 0.05) is 30.2 Å². The summed E-state index contributed by atoms with van der Waals surface area (Å²) in [4.78, 5) is 15.1. The van der Waals surface area contributed by atoms with Crippen molar-refractivity contribution in [1.82, 2.24) is 4.90 Å². The van der Waals surface area contributed by atoms with Gasteiger partial charge in [0.2, 0.25) is 0 Å². The predicted octanol–water partition coefficient (Wildman–Crippen LogP) is 3.61. The van der Waals surface area contributed by atoms with Crippen LogP contribution in [0.1, 0.15) is 17.9 Å². The summed E-state index contributed by atoms with van der Waals surface area (Å²) >= 11 is 3.27. The van der Waals surface area contributed by atoms with Crippen LogP contribution in [0.4, 0.5) is 0 Å². The van der Waals surface area contributed by atoms with Crippen LogP contribution in [0.3, 0.4) is 0 Å². The number of benzene rings is 1. The average molecular weight is 464 g/mol. The molecule has 0 saturated carbocycles. The molecule has 8 heteroatoms. The first-order valence-corrected chi connectivity index (χ1v) is 10.1. The second-order valence-electron chi connectivity index (χ2n) is 7.20. The summed E-state index contributed by atoms with van der Waals surface area (Å²) in [5.41, 5.74) is 0.773. The topological polar surface area (TPSA) is 85.3 Å². The third-order valence-electron chi connectivity index (χ3n) is 5.38. The Hall–Kier alpha value is -2.29. The standard InChI is InChI=1S/C21H22BrNO6/c1-23-7-6-11(13(25)10-23)19-16(26-2)9-17(27-3)20-12(24)8-15(29-21(19)20)14-4-5-18(22)28-14/h4-5,8-9,11,13,25H,6-7,10H2,1-3H3/t11-,13+/m0/s1. The molecule has 154 valence electrons. The van der Waals surface area contributed by atoms with Crippen molar-refractivity contribution in [3.63, 3.8) is 0 Å². The molecule has 0 spiro atoms. The molecule has 1 aromatic carbocycles. The molecule has 1 aliphatic heterocycles. The van der Waals surface area contributed by atoms with Gasteiger partial charge in [0.1, 0.15) is 22.5 Å². The van der Waals surface area contributed by atoms with Crippen LogP contribution < -0.4 is 14.9 Å². The minimum absolute atomic E-state index is 0.240. The number of aliphatic hydroxyl groups excluding tert-OH is 1. The highest BCUT2D eigenvalue weighted by molar-refractivity contribution is 9.10. The summed E-state index contributed by atoms with van der Waals surface area (Å²) in [5, 5.41) is 11.1. The van der Waals surface area contributed by atoms with Gasteiger partial charge < -0.3 is 28.3 Å². The molecule has 0 bridgehead atoms. The maximum atomic E-state index is 13.0. The zero-order chi connectivity index (χ0) is 20.7. The predicted molar refractivity (Wildman–Crippen MR) is 112 cm³/mol. The smallest absolute Gasteiger partial charge is 0.197 e. The van der Waals surface area contributed by atoms with Crippen molar-refractivity contribution < 1.29 is 23.4 Å². The van der Waals surface area contributed by atoms with Crippen LogP contribution >= 0.6 is 15.9 Å². The molecule has 3 heterocycles. The van der Waals surface area contributed by atoms with Gasteiger partial charge >= 0.3 is 0 Å². The summed E-state index contributed by atoms with van der Waals surface area (Å²) in [6.45, 7) is 1.34. The Morgan fingerprint density at radius 1 is 1.14 bits per heavy atom. The Balaban J connectivity index is 2.02. The number of likely N-dealkylation sites (N-methyl/N-ethyl adjacent to an activating group) is 1. The Labute approximate surface area is 175 Å². The van der Waals surface area contributed by atoms with E-state index in [9.17, 15) is 9.90 Å². The molecule has 0 radical (unpaired) electrons. The van der Waals surface area contributed by atoms with Gasteiger partial charge in [0.25, 0.3) is 0 Å². The molecule has 1 fully saturated rings. The first-order valence-electron chi connectivity index (χ1n) is 9.28. The van der Waals surface area contributed by atoms with E-state index in [0.717, 1.165) is 6.54 Å². The number of piperidine rings is 1. The Kier molecular flexibility index (Phi) is 5.42. The van der Waals surface area contributed by atoms with Crippen LogP contribution in [-0.2, 0) is 0 Å². The van der Waals surface area contributed by atoms with Crippen LogP contribution in [0.25, 0.3) is 22.5 Å². The number of aliphatic hydroxyl groups is 1. The first-order chi connectivity index (χ1) is 13.9. The normalized spacial score (nSPS) is 20.2. The van der Waals surface area contributed by atoms with E-state index < -0.39 is 6.10 Å². The van der Waals surface area contributed by atoms with Gasteiger partial charge in [-0.2, -0.15) is 0 Å².